The number of benzene rings is 1. The Hall–Kier alpha value is -1.94. The molecule has 0 saturated heterocycles. The molecule has 4 heteroatoms. The normalized spacial score (nSPS) is 12.5. The zero-order valence-corrected chi connectivity index (χ0v) is 10.8. The Balaban J connectivity index is 1.95. The number of rotatable bonds is 3. The number of hydrogen-bond donors (Lipinski definition) is 1. The van der Waals surface area contributed by atoms with Crippen molar-refractivity contribution in [2.24, 2.45) is 0 Å². The van der Waals surface area contributed by atoms with Gasteiger partial charge in [-0.1, -0.05) is 12.1 Å². The topological polar surface area (TPSA) is 37.8 Å². The molecule has 0 aliphatic carbocycles. The van der Waals surface area contributed by atoms with Gasteiger partial charge in [-0.15, -0.1) is 11.3 Å². The predicted octanol–water partition coefficient (Wildman–Crippen LogP) is 3.86. The fourth-order valence-corrected chi connectivity index (χ4v) is 2.63. The maximum atomic E-state index is 4.33. The monoisotopic (exact) mass is 255 g/mol. The van der Waals surface area contributed by atoms with Gasteiger partial charge in [0.25, 0.3) is 0 Å². The summed E-state index contributed by atoms with van der Waals surface area (Å²) in [6.07, 6.45) is 3.71. The number of pyridine rings is 1. The molecule has 1 aromatic carbocycles. The number of nitrogens with zero attached hydrogens (tertiary/aromatic N) is 2. The Morgan fingerprint density at radius 1 is 1.28 bits per heavy atom. The van der Waals surface area contributed by atoms with Gasteiger partial charge in [0.05, 0.1) is 17.2 Å². The lowest BCUT2D eigenvalue weighted by Gasteiger charge is -2.14. The number of thiazole rings is 1. The van der Waals surface area contributed by atoms with E-state index in [1.165, 1.54) is 5.39 Å². The summed E-state index contributed by atoms with van der Waals surface area (Å²) < 4.78 is 0. The van der Waals surface area contributed by atoms with E-state index in [0.29, 0.717) is 0 Å². The van der Waals surface area contributed by atoms with Gasteiger partial charge in [-0.2, -0.15) is 0 Å². The van der Waals surface area contributed by atoms with E-state index in [1.54, 1.807) is 11.3 Å². The minimum absolute atomic E-state index is 0.196. The van der Waals surface area contributed by atoms with E-state index < -0.39 is 0 Å². The highest BCUT2D eigenvalue weighted by atomic mass is 32.1. The third-order valence-electron chi connectivity index (χ3n) is 2.95. The molecule has 3 nitrogen and oxygen atoms in total. The van der Waals surface area contributed by atoms with Crippen LogP contribution in [0, 0.1) is 0 Å². The smallest absolute Gasteiger partial charge is 0.0795 e. The van der Waals surface area contributed by atoms with Crippen molar-refractivity contribution in [1.29, 1.82) is 0 Å². The lowest BCUT2D eigenvalue weighted by molar-refractivity contribution is 0.852. The summed E-state index contributed by atoms with van der Waals surface area (Å²) >= 11 is 1.62. The third-order valence-corrected chi connectivity index (χ3v) is 3.56. The third kappa shape index (κ3) is 2.07. The van der Waals surface area contributed by atoms with Gasteiger partial charge in [0.2, 0.25) is 0 Å². The minimum Gasteiger partial charge on any atom is -0.376 e. The van der Waals surface area contributed by atoms with E-state index >= 15 is 0 Å². The Kier molecular flexibility index (Phi) is 2.94. The van der Waals surface area contributed by atoms with Crippen molar-refractivity contribution < 1.29 is 0 Å². The van der Waals surface area contributed by atoms with Crippen LogP contribution >= 0.6 is 11.3 Å². The zero-order valence-electron chi connectivity index (χ0n) is 10.00. The molecule has 2 heterocycles. The predicted molar refractivity (Wildman–Crippen MR) is 75.9 cm³/mol. The molecular weight excluding hydrogens is 242 g/mol. The van der Waals surface area contributed by atoms with Gasteiger partial charge in [0, 0.05) is 28.8 Å². The van der Waals surface area contributed by atoms with E-state index in [1.807, 2.05) is 24.0 Å². The number of aromatic nitrogens is 2. The largest absolute Gasteiger partial charge is 0.376 e. The maximum Gasteiger partial charge on any atom is 0.0795 e. The van der Waals surface area contributed by atoms with Crippen molar-refractivity contribution in [3.05, 3.63) is 53.2 Å². The second kappa shape index (κ2) is 4.74. The van der Waals surface area contributed by atoms with Crippen LogP contribution in [0.5, 0.6) is 0 Å². The van der Waals surface area contributed by atoms with Gasteiger partial charge in [0.15, 0.2) is 0 Å². The first-order valence-corrected chi connectivity index (χ1v) is 6.76. The summed E-state index contributed by atoms with van der Waals surface area (Å²) in [5.74, 6) is 0. The molecule has 1 N–H and O–H groups in total. The Labute approximate surface area is 110 Å². The summed E-state index contributed by atoms with van der Waals surface area (Å²) in [5.41, 5.74) is 4.03. The molecule has 3 aromatic rings. The van der Waals surface area contributed by atoms with Crippen molar-refractivity contribution in [3.63, 3.8) is 0 Å². The van der Waals surface area contributed by atoms with Gasteiger partial charge < -0.3 is 5.32 Å². The van der Waals surface area contributed by atoms with Crippen molar-refractivity contribution in [2.45, 2.75) is 13.0 Å². The van der Waals surface area contributed by atoms with Crippen molar-refractivity contribution in [2.75, 3.05) is 5.32 Å². The van der Waals surface area contributed by atoms with E-state index in [-0.39, 0.29) is 6.04 Å². The highest BCUT2D eigenvalue weighted by Gasteiger charge is 2.08. The molecule has 3 rings (SSSR count). The van der Waals surface area contributed by atoms with Crippen LogP contribution in [-0.2, 0) is 0 Å². The van der Waals surface area contributed by atoms with Crippen LogP contribution in [0.2, 0.25) is 0 Å². The van der Waals surface area contributed by atoms with Crippen LogP contribution in [0.1, 0.15) is 18.7 Å². The van der Waals surface area contributed by atoms with Gasteiger partial charge >= 0.3 is 0 Å². The van der Waals surface area contributed by atoms with Crippen molar-refractivity contribution in [1.82, 2.24) is 9.97 Å². The molecule has 0 fully saturated rings. The second-order valence-electron chi connectivity index (χ2n) is 4.18. The van der Waals surface area contributed by atoms with Crippen molar-refractivity contribution >= 4 is 27.8 Å². The molecule has 0 aliphatic rings. The van der Waals surface area contributed by atoms with Crippen LogP contribution in [0.4, 0.5) is 5.69 Å². The first-order valence-electron chi connectivity index (χ1n) is 5.82. The first-order chi connectivity index (χ1) is 8.84. The van der Waals surface area contributed by atoms with Crippen LogP contribution in [-0.4, -0.2) is 9.97 Å². The molecular formula is C14H13N3S. The number of anilines is 1. The highest BCUT2D eigenvalue weighted by Crippen LogP contribution is 2.26. The molecule has 0 aliphatic heterocycles. The van der Waals surface area contributed by atoms with Gasteiger partial charge in [0.1, 0.15) is 0 Å². The summed E-state index contributed by atoms with van der Waals surface area (Å²) in [7, 11) is 0. The quantitative estimate of drug-likeness (QED) is 0.772. The molecule has 18 heavy (non-hydrogen) atoms. The summed E-state index contributed by atoms with van der Waals surface area (Å²) in [6, 6.07) is 8.44. The van der Waals surface area contributed by atoms with E-state index in [9.17, 15) is 0 Å². The average Bonchev–Trinajstić information content (AvgIpc) is 2.93. The molecule has 0 amide bonds. The second-order valence-corrected chi connectivity index (χ2v) is 4.90. The van der Waals surface area contributed by atoms with Crippen LogP contribution in [0.25, 0.3) is 10.8 Å². The molecule has 0 saturated carbocycles. The lowest BCUT2D eigenvalue weighted by Crippen LogP contribution is -2.07. The summed E-state index contributed by atoms with van der Waals surface area (Å²) in [4.78, 5) is 8.52. The summed E-state index contributed by atoms with van der Waals surface area (Å²) in [5, 5.41) is 7.90. The molecule has 1 unspecified atom stereocenters. The number of nitrogens with one attached hydrogen (secondary N) is 1. The fraction of sp³-hybridized carbons (Fsp3) is 0.143. The zero-order chi connectivity index (χ0) is 12.4. The molecule has 1 atom stereocenters. The standard InChI is InChI=1S/C14H13N3S/c1-10(14-8-18-9-16-14)17-13-4-2-3-11-5-6-15-7-12(11)13/h2-10,17H,1H3. The average molecular weight is 255 g/mol. The highest BCUT2D eigenvalue weighted by molar-refractivity contribution is 7.07. The van der Waals surface area contributed by atoms with Gasteiger partial charge in [-0.3, -0.25) is 4.98 Å². The first kappa shape index (κ1) is 11.2. The van der Waals surface area contributed by atoms with Gasteiger partial charge in [-0.25, -0.2) is 4.98 Å². The molecule has 90 valence electrons. The Bertz CT molecular complexity index is 644. The SMILES string of the molecule is CC(Nc1cccc2ccncc12)c1cscn1. The minimum atomic E-state index is 0.196. The molecule has 0 radical (unpaired) electrons. The summed E-state index contributed by atoms with van der Waals surface area (Å²) in [6.45, 7) is 2.12. The van der Waals surface area contributed by atoms with Crippen LogP contribution < -0.4 is 5.32 Å². The van der Waals surface area contributed by atoms with Crippen molar-refractivity contribution in [3.8, 4) is 0 Å². The number of fused-ring (bicyclic) bond motifs is 1. The molecule has 0 bridgehead atoms. The number of hydrogen-bond acceptors (Lipinski definition) is 4. The molecule has 2 aromatic heterocycles. The molecule has 0 spiro atoms. The van der Waals surface area contributed by atoms with Gasteiger partial charge in [-0.05, 0) is 24.4 Å². The van der Waals surface area contributed by atoms with E-state index in [0.717, 1.165) is 16.8 Å². The lowest BCUT2D eigenvalue weighted by atomic mass is 10.1. The van der Waals surface area contributed by atoms with E-state index in [4.69, 9.17) is 0 Å². The van der Waals surface area contributed by atoms with E-state index in [2.05, 4.69) is 45.8 Å². The maximum absolute atomic E-state index is 4.33. The Morgan fingerprint density at radius 2 is 2.22 bits per heavy atom. The van der Waals surface area contributed by atoms with Crippen LogP contribution in [0.15, 0.2) is 47.5 Å². The fourth-order valence-electron chi connectivity index (χ4n) is 1.98. The van der Waals surface area contributed by atoms with Crippen LogP contribution in [0.3, 0.4) is 0 Å². The Morgan fingerprint density at radius 3 is 3.06 bits per heavy atom.